The van der Waals surface area contributed by atoms with Crippen molar-refractivity contribution < 1.29 is 4.42 Å². The van der Waals surface area contributed by atoms with Crippen LogP contribution in [-0.4, -0.2) is 9.13 Å². The van der Waals surface area contributed by atoms with Gasteiger partial charge in [0.15, 0.2) is 0 Å². The zero-order valence-electron chi connectivity index (χ0n) is 27.6. The number of para-hydroxylation sites is 2. The van der Waals surface area contributed by atoms with E-state index in [4.69, 9.17) is 4.42 Å². The predicted octanol–water partition coefficient (Wildman–Crippen LogP) is 12.3. The monoisotopic (exact) mass is 628 g/mol. The Morgan fingerprint density at radius 3 is 2.06 bits per heavy atom. The molecular weight excluding hydrogens is 597 g/mol. The lowest BCUT2D eigenvalue weighted by molar-refractivity contribution is 0.661. The maximum atomic E-state index is 6.36. The maximum Gasteiger partial charge on any atom is 0.137 e. The van der Waals surface area contributed by atoms with Gasteiger partial charge < -0.3 is 13.6 Å². The largest absolute Gasteiger partial charge is 0.456 e. The van der Waals surface area contributed by atoms with Gasteiger partial charge in [-0.25, -0.2) is 0 Å². The summed E-state index contributed by atoms with van der Waals surface area (Å²) >= 11 is 0. The molecular formula is C46H32N2O. The van der Waals surface area contributed by atoms with Crippen molar-refractivity contribution >= 4 is 65.6 Å². The second-order valence-corrected chi connectivity index (χ2v) is 14.2. The number of hydrogen-bond acceptors (Lipinski definition) is 1. The second kappa shape index (κ2) is 9.30. The molecule has 1 aliphatic rings. The fourth-order valence-corrected chi connectivity index (χ4v) is 8.85. The fraction of sp³-hybridized carbons (Fsp3) is 0.0870. The first-order valence-electron chi connectivity index (χ1n) is 17.1. The van der Waals surface area contributed by atoms with Crippen LogP contribution in [0, 0.1) is 0 Å². The molecule has 0 fully saturated rings. The molecule has 3 heterocycles. The Labute approximate surface area is 283 Å². The summed E-state index contributed by atoms with van der Waals surface area (Å²) in [5.74, 6) is 0. The van der Waals surface area contributed by atoms with Crippen molar-refractivity contribution in [3.8, 4) is 27.9 Å². The highest BCUT2D eigenvalue weighted by molar-refractivity contribution is 6.18. The van der Waals surface area contributed by atoms with Crippen LogP contribution < -0.4 is 0 Å². The summed E-state index contributed by atoms with van der Waals surface area (Å²) in [4.78, 5) is 0. The molecule has 0 aliphatic heterocycles. The average molecular weight is 629 g/mol. The van der Waals surface area contributed by atoms with Crippen LogP contribution in [0.25, 0.3) is 93.5 Å². The quantitative estimate of drug-likeness (QED) is 0.187. The number of rotatable bonds is 2. The molecule has 7 aromatic carbocycles. The third-order valence-corrected chi connectivity index (χ3v) is 11.3. The lowest BCUT2D eigenvalue weighted by atomic mass is 9.82. The molecule has 3 nitrogen and oxygen atoms in total. The first-order chi connectivity index (χ1) is 24.0. The van der Waals surface area contributed by atoms with Gasteiger partial charge in [-0.2, -0.15) is 0 Å². The minimum Gasteiger partial charge on any atom is -0.456 e. The number of fused-ring (bicyclic) bond motifs is 12. The van der Waals surface area contributed by atoms with Gasteiger partial charge in [-0.1, -0.05) is 92.7 Å². The third kappa shape index (κ3) is 3.52. The van der Waals surface area contributed by atoms with Crippen LogP contribution in [0.4, 0.5) is 0 Å². The van der Waals surface area contributed by atoms with Crippen LogP contribution in [0.3, 0.4) is 0 Å². The molecule has 0 atom stereocenters. The van der Waals surface area contributed by atoms with E-state index in [-0.39, 0.29) is 5.41 Å². The van der Waals surface area contributed by atoms with Gasteiger partial charge in [0, 0.05) is 67.6 Å². The van der Waals surface area contributed by atoms with Crippen molar-refractivity contribution in [2.45, 2.75) is 19.3 Å². The molecule has 0 N–H and O–H groups in total. The van der Waals surface area contributed by atoms with Crippen LogP contribution in [-0.2, 0) is 12.5 Å². The number of aromatic nitrogens is 2. The number of benzene rings is 7. The van der Waals surface area contributed by atoms with Crippen molar-refractivity contribution in [1.29, 1.82) is 0 Å². The highest BCUT2D eigenvalue weighted by Crippen LogP contribution is 2.51. The van der Waals surface area contributed by atoms with Crippen LogP contribution >= 0.6 is 0 Å². The van der Waals surface area contributed by atoms with Gasteiger partial charge in [0.2, 0.25) is 0 Å². The van der Waals surface area contributed by atoms with Gasteiger partial charge >= 0.3 is 0 Å². The highest BCUT2D eigenvalue weighted by Gasteiger charge is 2.36. The first-order valence-corrected chi connectivity index (χ1v) is 17.1. The minimum atomic E-state index is -0.0238. The third-order valence-electron chi connectivity index (χ3n) is 11.3. The van der Waals surface area contributed by atoms with E-state index in [2.05, 4.69) is 163 Å². The summed E-state index contributed by atoms with van der Waals surface area (Å²) in [6.07, 6.45) is 0. The Kier molecular flexibility index (Phi) is 5.11. The highest BCUT2D eigenvalue weighted by atomic mass is 16.3. The van der Waals surface area contributed by atoms with Gasteiger partial charge in [0.05, 0.1) is 11.0 Å². The summed E-state index contributed by atoms with van der Waals surface area (Å²) < 4.78 is 11.1. The number of hydrogen-bond donors (Lipinski definition) is 0. The number of nitrogens with zero attached hydrogens (tertiary/aromatic N) is 2. The smallest absolute Gasteiger partial charge is 0.137 e. The standard InChI is InChI=1S/C46H32N2O/c1-46(2)38-15-9-7-13-30(38)33-23-36-34-21-27(18-20-40(34)47(3)41(36)25-39(33)46)28-17-19-31-35-24-37-32-14-8-10-16-44(32)49-45(37)26-43(35)48(42(31)22-28)29-11-5-4-6-12-29/h4-26H,1-3H3. The van der Waals surface area contributed by atoms with Gasteiger partial charge in [0.1, 0.15) is 11.2 Å². The van der Waals surface area contributed by atoms with Gasteiger partial charge in [-0.3, -0.25) is 0 Å². The maximum absolute atomic E-state index is 6.36. The normalized spacial score (nSPS) is 13.8. The van der Waals surface area contributed by atoms with Crippen molar-refractivity contribution in [2.75, 3.05) is 0 Å². The van der Waals surface area contributed by atoms with Crippen molar-refractivity contribution in [3.05, 3.63) is 151 Å². The summed E-state index contributed by atoms with van der Waals surface area (Å²) in [6, 6.07) is 51.3. The molecule has 1 aliphatic carbocycles. The minimum absolute atomic E-state index is 0.0238. The van der Waals surface area contributed by atoms with Crippen molar-refractivity contribution in [1.82, 2.24) is 9.13 Å². The van der Waals surface area contributed by atoms with Gasteiger partial charge in [-0.15, -0.1) is 0 Å². The van der Waals surface area contributed by atoms with Crippen LogP contribution in [0.5, 0.6) is 0 Å². The van der Waals surface area contributed by atoms with E-state index in [9.17, 15) is 0 Å². The zero-order valence-corrected chi connectivity index (χ0v) is 27.6. The number of furan rings is 1. The Bertz CT molecular complexity index is 3020. The van der Waals surface area contributed by atoms with E-state index in [1.165, 1.54) is 71.5 Å². The molecule has 0 bridgehead atoms. The zero-order chi connectivity index (χ0) is 32.6. The molecule has 10 aromatic rings. The Hall–Kier alpha value is -6.06. The summed E-state index contributed by atoms with van der Waals surface area (Å²) in [7, 11) is 2.20. The Balaban J connectivity index is 1.15. The Morgan fingerprint density at radius 1 is 0.449 bits per heavy atom. The van der Waals surface area contributed by atoms with E-state index >= 15 is 0 Å². The topological polar surface area (TPSA) is 23.0 Å². The first kappa shape index (κ1) is 26.9. The summed E-state index contributed by atoms with van der Waals surface area (Å²) in [6.45, 7) is 4.71. The van der Waals surface area contributed by atoms with Crippen molar-refractivity contribution in [2.24, 2.45) is 7.05 Å². The average Bonchev–Trinajstić information content (AvgIpc) is 3.82. The van der Waals surface area contributed by atoms with E-state index < -0.39 is 0 Å². The van der Waals surface area contributed by atoms with E-state index in [0.29, 0.717) is 0 Å². The Morgan fingerprint density at radius 2 is 1.16 bits per heavy atom. The summed E-state index contributed by atoms with van der Waals surface area (Å²) in [5.41, 5.74) is 15.8. The number of aryl methyl sites for hydroxylation is 1. The lowest BCUT2D eigenvalue weighted by Gasteiger charge is -2.21. The van der Waals surface area contributed by atoms with E-state index in [1.54, 1.807) is 0 Å². The molecule has 0 saturated carbocycles. The van der Waals surface area contributed by atoms with E-state index in [1.807, 2.05) is 6.07 Å². The van der Waals surface area contributed by atoms with Gasteiger partial charge in [0.25, 0.3) is 0 Å². The van der Waals surface area contributed by atoms with Crippen LogP contribution in [0.2, 0.25) is 0 Å². The molecule has 49 heavy (non-hydrogen) atoms. The molecule has 3 aromatic heterocycles. The van der Waals surface area contributed by atoms with Gasteiger partial charge in [-0.05, 0) is 88.0 Å². The summed E-state index contributed by atoms with van der Waals surface area (Å²) in [5, 5.41) is 7.36. The van der Waals surface area contributed by atoms with Crippen LogP contribution in [0.15, 0.2) is 144 Å². The molecule has 0 unspecified atom stereocenters. The lowest BCUT2D eigenvalue weighted by Crippen LogP contribution is -2.14. The molecule has 0 amide bonds. The molecule has 0 saturated heterocycles. The van der Waals surface area contributed by atoms with E-state index in [0.717, 1.165) is 33.1 Å². The molecule has 3 heteroatoms. The molecule has 232 valence electrons. The fourth-order valence-electron chi connectivity index (χ4n) is 8.85. The molecule has 0 spiro atoms. The molecule has 0 radical (unpaired) electrons. The molecule has 11 rings (SSSR count). The second-order valence-electron chi connectivity index (χ2n) is 14.2. The van der Waals surface area contributed by atoms with Crippen LogP contribution in [0.1, 0.15) is 25.0 Å². The predicted molar refractivity (Wildman–Crippen MR) is 205 cm³/mol. The van der Waals surface area contributed by atoms with Crippen molar-refractivity contribution in [3.63, 3.8) is 0 Å². The SMILES string of the molecule is Cn1c2ccc(-c3ccc4c5cc6c(cc5n(-c5ccccc5)c4c3)oc3ccccc36)cc2c2cc3c(cc21)C(C)(C)c1ccccc1-3.